The van der Waals surface area contributed by atoms with E-state index in [1.165, 1.54) is 0 Å². The molecule has 142 valence electrons. The Morgan fingerprint density at radius 1 is 0.821 bits per heavy atom. The zero-order valence-electron chi connectivity index (χ0n) is 15.2. The fraction of sp³-hybridized carbons (Fsp3) is 0.130. The monoisotopic (exact) mass is 393 g/mol. The Balaban J connectivity index is 1.44. The number of carbonyl (C=O) groups is 2. The van der Waals surface area contributed by atoms with Gasteiger partial charge in [-0.15, -0.1) is 0 Å². The molecule has 3 aromatic carbocycles. The van der Waals surface area contributed by atoms with Crippen LogP contribution in [-0.4, -0.2) is 18.5 Å². The quantitative estimate of drug-likeness (QED) is 0.605. The van der Waals surface area contributed by atoms with Gasteiger partial charge in [-0.3, -0.25) is 9.59 Å². The van der Waals surface area contributed by atoms with Gasteiger partial charge in [-0.05, 0) is 28.3 Å². The van der Waals surface area contributed by atoms with Crippen molar-refractivity contribution in [2.24, 2.45) is 0 Å². The maximum absolute atomic E-state index is 12.0. The molecule has 1 amide bonds. The summed E-state index contributed by atoms with van der Waals surface area (Å²) in [5.74, 6) is -0.812. The van der Waals surface area contributed by atoms with E-state index in [2.05, 4.69) is 5.32 Å². The summed E-state index contributed by atoms with van der Waals surface area (Å²) in [5.41, 5.74) is 3.84. The summed E-state index contributed by atoms with van der Waals surface area (Å²) >= 11 is 6.04. The molecule has 4 nitrogen and oxygen atoms in total. The number of hydrogen-bond donors (Lipinski definition) is 1. The van der Waals surface area contributed by atoms with Crippen LogP contribution in [0.2, 0.25) is 5.02 Å². The second-order valence-electron chi connectivity index (χ2n) is 6.27. The van der Waals surface area contributed by atoms with Gasteiger partial charge in [-0.2, -0.15) is 0 Å². The SMILES string of the molecule is O=C(COC(=O)Cc1ccc(-c2ccccc2)cc1)NCc1ccccc1Cl. The Kier molecular flexibility index (Phi) is 6.82. The lowest BCUT2D eigenvalue weighted by atomic mass is 10.0. The Hall–Kier alpha value is -3.11. The van der Waals surface area contributed by atoms with Gasteiger partial charge in [0.1, 0.15) is 0 Å². The van der Waals surface area contributed by atoms with E-state index < -0.39 is 5.97 Å². The van der Waals surface area contributed by atoms with E-state index in [9.17, 15) is 9.59 Å². The molecule has 3 rings (SSSR count). The van der Waals surface area contributed by atoms with Crippen molar-refractivity contribution in [1.29, 1.82) is 0 Å². The van der Waals surface area contributed by atoms with E-state index in [0.29, 0.717) is 5.02 Å². The predicted octanol–water partition coefficient (Wildman–Crippen LogP) is 4.41. The topological polar surface area (TPSA) is 55.4 Å². The number of carbonyl (C=O) groups excluding carboxylic acids is 2. The third kappa shape index (κ3) is 5.69. The summed E-state index contributed by atoms with van der Waals surface area (Å²) in [6.45, 7) is -0.0254. The van der Waals surface area contributed by atoms with Crippen molar-refractivity contribution < 1.29 is 14.3 Å². The zero-order valence-corrected chi connectivity index (χ0v) is 16.0. The second-order valence-corrected chi connectivity index (χ2v) is 6.68. The van der Waals surface area contributed by atoms with Gasteiger partial charge in [-0.25, -0.2) is 0 Å². The number of ether oxygens (including phenoxy) is 1. The van der Waals surface area contributed by atoms with Gasteiger partial charge in [0.25, 0.3) is 5.91 Å². The maximum atomic E-state index is 12.0. The van der Waals surface area contributed by atoms with Crippen molar-refractivity contribution in [2.75, 3.05) is 6.61 Å². The van der Waals surface area contributed by atoms with Crippen molar-refractivity contribution in [3.05, 3.63) is 95.0 Å². The summed E-state index contributed by atoms with van der Waals surface area (Å²) in [6.07, 6.45) is 0.118. The summed E-state index contributed by atoms with van der Waals surface area (Å²) in [5, 5.41) is 3.27. The normalized spacial score (nSPS) is 10.3. The fourth-order valence-electron chi connectivity index (χ4n) is 2.70. The Labute approximate surface area is 169 Å². The first-order valence-electron chi connectivity index (χ1n) is 8.92. The van der Waals surface area contributed by atoms with E-state index in [-0.39, 0.29) is 25.5 Å². The average molecular weight is 394 g/mol. The summed E-state index contributed by atoms with van der Waals surface area (Å²) in [4.78, 5) is 23.8. The van der Waals surface area contributed by atoms with Gasteiger partial charge in [0, 0.05) is 11.6 Å². The molecule has 0 bridgehead atoms. The van der Waals surface area contributed by atoms with Crippen LogP contribution in [0.4, 0.5) is 0 Å². The molecule has 1 N–H and O–H groups in total. The minimum Gasteiger partial charge on any atom is -0.455 e. The first-order chi connectivity index (χ1) is 13.6. The van der Waals surface area contributed by atoms with Crippen LogP contribution in [0.1, 0.15) is 11.1 Å². The van der Waals surface area contributed by atoms with Crippen LogP contribution in [0.25, 0.3) is 11.1 Å². The molecule has 3 aromatic rings. The number of amides is 1. The Bertz CT molecular complexity index is 940. The van der Waals surface area contributed by atoms with Crippen molar-refractivity contribution in [3.63, 3.8) is 0 Å². The third-order valence-corrected chi connectivity index (χ3v) is 4.58. The van der Waals surface area contributed by atoms with E-state index in [0.717, 1.165) is 22.3 Å². The largest absolute Gasteiger partial charge is 0.455 e. The molecule has 0 spiro atoms. The van der Waals surface area contributed by atoms with Crippen molar-refractivity contribution in [3.8, 4) is 11.1 Å². The van der Waals surface area contributed by atoms with E-state index in [1.54, 1.807) is 6.07 Å². The smallest absolute Gasteiger partial charge is 0.310 e. The van der Waals surface area contributed by atoms with Crippen LogP contribution in [-0.2, 0) is 27.3 Å². The van der Waals surface area contributed by atoms with Gasteiger partial charge in [0.05, 0.1) is 6.42 Å². The Morgan fingerprint density at radius 2 is 1.46 bits per heavy atom. The van der Waals surface area contributed by atoms with Crippen molar-refractivity contribution >= 4 is 23.5 Å². The molecule has 0 atom stereocenters. The number of benzene rings is 3. The second kappa shape index (κ2) is 9.72. The molecule has 0 radical (unpaired) electrons. The van der Waals surface area contributed by atoms with Gasteiger partial charge in [0.2, 0.25) is 0 Å². The minimum absolute atomic E-state index is 0.118. The molecule has 0 heterocycles. The highest BCUT2D eigenvalue weighted by molar-refractivity contribution is 6.31. The first kappa shape index (κ1) is 19.6. The van der Waals surface area contributed by atoms with Gasteiger partial charge >= 0.3 is 5.97 Å². The van der Waals surface area contributed by atoms with E-state index in [4.69, 9.17) is 16.3 Å². The number of esters is 1. The fourth-order valence-corrected chi connectivity index (χ4v) is 2.90. The molecule has 0 aliphatic heterocycles. The third-order valence-electron chi connectivity index (χ3n) is 4.21. The van der Waals surface area contributed by atoms with Gasteiger partial charge in [-0.1, -0.05) is 84.4 Å². The molecule has 0 saturated heterocycles. The van der Waals surface area contributed by atoms with E-state index >= 15 is 0 Å². The average Bonchev–Trinajstić information content (AvgIpc) is 2.73. The minimum atomic E-state index is -0.444. The number of hydrogen-bond acceptors (Lipinski definition) is 3. The molecular weight excluding hydrogens is 374 g/mol. The lowest BCUT2D eigenvalue weighted by Crippen LogP contribution is -2.28. The summed E-state index contributed by atoms with van der Waals surface area (Å²) < 4.78 is 5.06. The first-order valence-corrected chi connectivity index (χ1v) is 9.30. The lowest BCUT2D eigenvalue weighted by Gasteiger charge is -2.08. The maximum Gasteiger partial charge on any atom is 0.310 e. The molecule has 0 aliphatic rings. The highest BCUT2D eigenvalue weighted by Gasteiger charge is 2.09. The molecule has 0 unspecified atom stereocenters. The number of halogens is 1. The molecule has 28 heavy (non-hydrogen) atoms. The standard InChI is InChI=1S/C23H20ClNO3/c24-21-9-5-4-8-20(21)15-25-22(26)16-28-23(27)14-17-10-12-19(13-11-17)18-6-2-1-3-7-18/h1-13H,14-16H2,(H,25,26). The van der Waals surface area contributed by atoms with Gasteiger partial charge in [0.15, 0.2) is 6.61 Å². The van der Waals surface area contributed by atoms with Crippen molar-refractivity contribution in [2.45, 2.75) is 13.0 Å². The van der Waals surface area contributed by atoms with Crippen LogP contribution in [0, 0.1) is 0 Å². The zero-order chi connectivity index (χ0) is 19.8. The molecule has 0 fully saturated rings. The van der Waals surface area contributed by atoms with Crippen LogP contribution in [0.15, 0.2) is 78.9 Å². The highest BCUT2D eigenvalue weighted by Crippen LogP contribution is 2.19. The van der Waals surface area contributed by atoms with E-state index in [1.807, 2.05) is 72.8 Å². The predicted molar refractivity (Wildman–Crippen MR) is 110 cm³/mol. The van der Waals surface area contributed by atoms with Crippen LogP contribution in [0.5, 0.6) is 0 Å². The van der Waals surface area contributed by atoms with Crippen LogP contribution < -0.4 is 5.32 Å². The summed E-state index contributed by atoms with van der Waals surface area (Å²) in [7, 11) is 0. The molecule has 0 saturated carbocycles. The Morgan fingerprint density at radius 3 is 2.18 bits per heavy atom. The molecule has 5 heteroatoms. The highest BCUT2D eigenvalue weighted by atomic mass is 35.5. The number of rotatable bonds is 7. The number of nitrogens with one attached hydrogen (secondary N) is 1. The lowest BCUT2D eigenvalue weighted by molar-refractivity contribution is -0.147. The molecule has 0 aliphatic carbocycles. The van der Waals surface area contributed by atoms with Crippen molar-refractivity contribution in [1.82, 2.24) is 5.32 Å². The molecular formula is C23H20ClNO3. The van der Waals surface area contributed by atoms with Gasteiger partial charge < -0.3 is 10.1 Å². The van der Waals surface area contributed by atoms with Crippen LogP contribution in [0.3, 0.4) is 0 Å². The summed E-state index contributed by atoms with van der Waals surface area (Å²) in [6, 6.07) is 25.0. The molecule has 0 aromatic heterocycles. The van der Waals surface area contributed by atoms with Crippen LogP contribution >= 0.6 is 11.6 Å².